The highest BCUT2D eigenvalue weighted by atomic mass is 16.6. The van der Waals surface area contributed by atoms with Crippen LogP contribution in [0.5, 0.6) is 0 Å². The van der Waals surface area contributed by atoms with E-state index in [0.717, 1.165) is 11.1 Å². The van der Waals surface area contributed by atoms with Gasteiger partial charge < -0.3 is 9.64 Å². The smallest absolute Gasteiger partial charge is 0.410 e. The molecule has 4 heteroatoms. The Morgan fingerprint density at radius 3 is 2.42 bits per heavy atom. The molecule has 124 valence electrons. The SMILES string of the molecule is CC(=O)C[C@H]1Cc2ccccc2CN1C(=O)OCc1ccccc1. The van der Waals surface area contributed by atoms with Gasteiger partial charge in [0.1, 0.15) is 12.4 Å². The van der Waals surface area contributed by atoms with Gasteiger partial charge in [0.25, 0.3) is 0 Å². The van der Waals surface area contributed by atoms with E-state index in [-0.39, 0.29) is 24.5 Å². The maximum atomic E-state index is 12.6. The molecule has 1 heterocycles. The Balaban J connectivity index is 1.73. The van der Waals surface area contributed by atoms with E-state index in [4.69, 9.17) is 4.74 Å². The van der Waals surface area contributed by atoms with E-state index >= 15 is 0 Å². The van der Waals surface area contributed by atoms with Crippen molar-refractivity contribution in [2.24, 2.45) is 0 Å². The molecular formula is C20H21NO3. The van der Waals surface area contributed by atoms with Gasteiger partial charge in [-0.2, -0.15) is 0 Å². The zero-order valence-corrected chi connectivity index (χ0v) is 13.8. The number of carbonyl (C=O) groups excluding carboxylic acids is 2. The summed E-state index contributed by atoms with van der Waals surface area (Å²) in [4.78, 5) is 25.8. The monoisotopic (exact) mass is 323 g/mol. The summed E-state index contributed by atoms with van der Waals surface area (Å²) in [6, 6.07) is 17.5. The molecule has 2 aromatic rings. The number of Topliss-reactive ketones (excluding diaryl/α,β-unsaturated/α-hetero) is 1. The molecule has 1 aliphatic rings. The number of ketones is 1. The minimum absolute atomic E-state index is 0.0836. The average Bonchev–Trinajstić information content (AvgIpc) is 2.59. The van der Waals surface area contributed by atoms with Gasteiger partial charge >= 0.3 is 6.09 Å². The number of hydrogen-bond acceptors (Lipinski definition) is 3. The summed E-state index contributed by atoms with van der Waals surface area (Å²) in [5.41, 5.74) is 3.27. The molecule has 0 bridgehead atoms. The summed E-state index contributed by atoms with van der Waals surface area (Å²) < 4.78 is 5.47. The van der Waals surface area contributed by atoms with Gasteiger partial charge in [0, 0.05) is 19.0 Å². The molecule has 0 fully saturated rings. The van der Waals surface area contributed by atoms with Crippen molar-refractivity contribution in [1.29, 1.82) is 0 Å². The zero-order chi connectivity index (χ0) is 16.9. The second-order valence-electron chi connectivity index (χ2n) is 6.20. The molecular weight excluding hydrogens is 302 g/mol. The first kappa shape index (κ1) is 16.2. The molecule has 3 rings (SSSR count). The fourth-order valence-corrected chi connectivity index (χ4v) is 3.12. The van der Waals surface area contributed by atoms with Crippen LogP contribution in [-0.4, -0.2) is 22.8 Å². The standard InChI is InChI=1S/C20H21NO3/c1-15(22)11-19-12-17-9-5-6-10-18(17)13-21(19)20(23)24-14-16-7-3-2-4-8-16/h2-10,19H,11-14H2,1H3/t19-/m0/s1. The summed E-state index contributed by atoms with van der Waals surface area (Å²) in [7, 11) is 0. The number of amides is 1. The third kappa shape index (κ3) is 3.82. The van der Waals surface area contributed by atoms with Crippen molar-refractivity contribution < 1.29 is 14.3 Å². The summed E-state index contributed by atoms with van der Waals surface area (Å²) in [6.45, 7) is 2.29. The van der Waals surface area contributed by atoms with Crippen LogP contribution in [0.15, 0.2) is 54.6 Å². The summed E-state index contributed by atoms with van der Waals surface area (Å²) in [5.74, 6) is 0.0836. The maximum Gasteiger partial charge on any atom is 0.410 e. The van der Waals surface area contributed by atoms with Crippen LogP contribution >= 0.6 is 0 Å². The molecule has 1 amide bonds. The third-order valence-electron chi connectivity index (χ3n) is 4.32. The topological polar surface area (TPSA) is 46.6 Å². The van der Waals surface area contributed by atoms with Crippen LogP contribution in [0.3, 0.4) is 0 Å². The molecule has 0 saturated carbocycles. The summed E-state index contributed by atoms with van der Waals surface area (Å²) >= 11 is 0. The molecule has 4 nitrogen and oxygen atoms in total. The zero-order valence-electron chi connectivity index (χ0n) is 13.8. The molecule has 0 unspecified atom stereocenters. The third-order valence-corrected chi connectivity index (χ3v) is 4.32. The van der Waals surface area contributed by atoms with Crippen molar-refractivity contribution in [3.8, 4) is 0 Å². The minimum atomic E-state index is -0.361. The Hall–Kier alpha value is -2.62. The highest BCUT2D eigenvalue weighted by molar-refractivity contribution is 5.77. The number of nitrogens with zero attached hydrogens (tertiary/aromatic N) is 1. The Kier molecular flexibility index (Phi) is 4.94. The number of benzene rings is 2. The second-order valence-corrected chi connectivity index (χ2v) is 6.20. The van der Waals surface area contributed by atoms with Crippen molar-refractivity contribution in [3.05, 3.63) is 71.3 Å². The molecule has 0 aromatic heterocycles. The number of carbonyl (C=O) groups is 2. The van der Waals surface area contributed by atoms with E-state index in [1.165, 1.54) is 5.56 Å². The first-order valence-electron chi connectivity index (χ1n) is 8.17. The molecule has 0 radical (unpaired) electrons. The quantitative estimate of drug-likeness (QED) is 0.861. The van der Waals surface area contributed by atoms with Gasteiger partial charge in [-0.15, -0.1) is 0 Å². The Morgan fingerprint density at radius 1 is 1.04 bits per heavy atom. The van der Waals surface area contributed by atoms with Gasteiger partial charge in [-0.25, -0.2) is 4.79 Å². The highest BCUT2D eigenvalue weighted by Gasteiger charge is 2.31. The van der Waals surface area contributed by atoms with Gasteiger partial charge in [0.05, 0.1) is 0 Å². The minimum Gasteiger partial charge on any atom is -0.445 e. The van der Waals surface area contributed by atoms with Gasteiger partial charge in [-0.1, -0.05) is 54.6 Å². The van der Waals surface area contributed by atoms with Crippen molar-refractivity contribution in [3.63, 3.8) is 0 Å². The number of hydrogen-bond donors (Lipinski definition) is 0. The van der Waals surface area contributed by atoms with E-state index in [1.807, 2.05) is 48.5 Å². The van der Waals surface area contributed by atoms with E-state index in [0.29, 0.717) is 19.4 Å². The molecule has 0 spiro atoms. The number of fused-ring (bicyclic) bond motifs is 1. The lowest BCUT2D eigenvalue weighted by molar-refractivity contribution is -0.118. The van der Waals surface area contributed by atoms with Crippen molar-refractivity contribution in [1.82, 2.24) is 4.90 Å². The Labute approximate surface area is 142 Å². The first-order chi connectivity index (χ1) is 11.6. The van der Waals surface area contributed by atoms with Gasteiger partial charge in [-0.3, -0.25) is 4.79 Å². The first-order valence-corrected chi connectivity index (χ1v) is 8.17. The lowest BCUT2D eigenvalue weighted by Gasteiger charge is -2.35. The largest absolute Gasteiger partial charge is 0.445 e. The molecule has 0 N–H and O–H groups in total. The van der Waals surface area contributed by atoms with E-state index in [9.17, 15) is 9.59 Å². The van der Waals surface area contributed by atoms with Gasteiger partial charge in [0.15, 0.2) is 0 Å². The lowest BCUT2D eigenvalue weighted by atomic mass is 9.92. The fraction of sp³-hybridized carbons (Fsp3) is 0.300. The molecule has 24 heavy (non-hydrogen) atoms. The highest BCUT2D eigenvalue weighted by Crippen LogP contribution is 2.26. The van der Waals surface area contributed by atoms with Crippen LogP contribution in [0.25, 0.3) is 0 Å². The molecule has 1 atom stereocenters. The molecule has 0 aliphatic carbocycles. The van der Waals surface area contributed by atoms with Crippen LogP contribution in [0.4, 0.5) is 4.79 Å². The lowest BCUT2D eigenvalue weighted by Crippen LogP contribution is -2.45. The van der Waals surface area contributed by atoms with Crippen molar-refractivity contribution in [2.75, 3.05) is 0 Å². The van der Waals surface area contributed by atoms with Crippen LogP contribution in [0.2, 0.25) is 0 Å². The molecule has 1 aliphatic heterocycles. The Morgan fingerprint density at radius 2 is 1.71 bits per heavy atom. The van der Waals surface area contributed by atoms with Gasteiger partial charge in [0.2, 0.25) is 0 Å². The van der Waals surface area contributed by atoms with Crippen LogP contribution in [0, 0.1) is 0 Å². The summed E-state index contributed by atoms with van der Waals surface area (Å²) in [5, 5.41) is 0. The molecule has 0 saturated heterocycles. The maximum absolute atomic E-state index is 12.6. The fourth-order valence-electron chi connectivity index (χ4n) is 3.12. The summed E-state index contributed by atoms with van der Waals surface area (Å²) in [6.07, 6.45) is 0.685. The second kappa shape index (κ2) is 7.30. The van der Waals surface area contributed by atoms with Gasteiger partial charge in [-0.05, 0) is 30.0 Å². The van der Waals surface area contributed by atoms with Crippen LogP contribution in [-0.2, 0) is 29.1 Å². The Bertz CT molecular complexity index is 727. The predicted octanol–water partition coefficient (Wildman–Crippen LogP) is 3.73. The van der Waals surface area contributed by atoms with E-state index < -0.39 is 0 Å². The average molecular weight is 323 g/mol. The predicted molar refractivity (Wildman–Crippen MR) is 91.4 cm³/mol. The number of rotatable bonds is 4. The molecule has 2 aromatic carbocycles. The van der Waals surface area contributed by atoms with E-state index in [1.54, 1.807) is 11.8 Å². The van der Waals surface area contributed by atoms with Crippen LogP contribution in [0.1, 0.15) is 30.0 Å². The van der Waals surface area contributed by atoms with Crippen LogP contribution < -0.4 is 0 Å². The van der Waals surface area contributed by atoms with Crippen molar-refractivity contribution >= 4 is 11.9 Å². The normalized spacial score (nSPS) is 16.4. The van der Waals surface area contributed by atoms with Crippen molar-refractivity contribution in [2.45, 2.75) is 39.0 Å². The number of ether oxygens (including phenoxy) is 1. The van der Waals surface area contributed by atoms with E-state index in [2.05, 4.69) is 6.07 Å².